The Balaban J connectivity index is 1.95. The molecule has 2 amide bonds. The molecular weight excluding hydrogens is 404 g/mol. The molecule has 1 aliphatic heterocycles. The molecule has 0 spiro atoms. The Morgan fingerprint density at radius 1 is 1.30 bits per heavy atom. The Hall–Kier alpha value is -1.79. The molecular formula is C23H33ClN2O4. The van der Waals surface area contributed by atoms with E-state index in [-0.39, 0.29) is 23.9 Å². The Kier molecular flexibility index (Phi) is 7.64. The van der Waals surface area contributed by atoms with Crippen LogP contribution in [-0.4, -0.2) is 55.2 Å². The van der Waals surface area contributed by atoms with E-state index >= 15 is 0 Å². The van der Waals surface area contributed by atoms with Gasteiger partial charge in [0.1, 0.15) is 5.75 Å². The zero-order valence-electron chi connectivity index (χ0n) is 18.4. The number of hydrogen-bond acceptors (Lipinski definition) is 4. The van der Waals surface area contributed by atoms with Gasteiger partial charge in [-0.1, -0.05) is 30.9 Å². The number of nitrogens with zero attached hydrogens (tertiary/aromatic N) is 2. The van der Waals surface area contributed by atoms with Gasteiger partial charge in [-0.25, -0.2) is 0 Å². The number of ether oxygens (including phenoxy) is 2. The van der Waals surface area contributed by atoms with Crippen molar-refractivity contribution in [2.24, 2.45) is 0 Å². The number of benzene rings is 1. The molecule has 7 heteroatoms. The topological polar surface area (TPSA) is 59.1 Å². The summed E-state index contributed by atoms with van der Waals surface area (Å²) in [4.78, 5) is 30.0. The molecule has 0 N–H and O–H groups in total. The maximum atomic E-state index is 13.6. The van der Waals surface area contributed by atoms with Crippen LogP contribution in [0, 0.1) is 0 Å². The summed E-state index contributed by atoms with van der Waals surface area (Å²) in [5.41, 5.74) is 1.03. The number of methoxy groups -OCH3 is 1. The number of fused-ring (bicyclic) bond motifs is 1. The van der Waals surface area contributed by atoms with Crippen LogP contribution in [0.4, 0.5) is 5.69 Å². The van der Waals surface area contributed by atoms with Crippen molar-refractivity contribution >= 4 is 29.1 Å². The van der Waals surface area contributed by atoms with Gasteiger partial charge in [0.05, 0.1) is 16.3 Å². The second-order valence-electron chi connectivity index (χ2n) is 8.49. The van der Waals surface area contributed by atoms with Gasteiger partial charge in [-0.15, -0.1) is 0 Å². The third kappa shape index (κ3) is 4.75. The van der Waals surface area contributed by atoms with Crippen LogP contribution in [0.25, 0.3) is 0 Å². The molecule has 6 nitrogen and oxygen atoms in total. The van der Waals surface area contributed by atoms with Gasteiger partial charge in [-0.2, -0.15) is 0 Å². The van der Waals surface area contributed by atoms with Crippen molar-refractivity contribution in [3.63, 3.8) is 0 Å². The molecule has 0 unspecified atom stereocenters. The molecule has 1 heterocycles. The number of carbonyl (C=O) groups is 2. The highest BCUT2D eigenvalue weighted by Gasteiger charge is 2.35. The smallest absolute Gasteiger partial charge is 0.267 e. The van der Waals surface area contributed by atoms with Crippen LogP contribution in [0.15, 0.2) is 12.1 Å². The average molecular weight is 437 g/mol. The van der Waals surface area contributed by atoms with Gasteiger partial charge in [0.15, 0.2) is 6.10 Å². The summed E-state index contributed by atoms with van der Waals surface area (Å²) in [6, 6.07) is 3.71. The summed E-state index contributed by atoms with van der Waals surface area (Å²) in [6.07, 6.45) is 5.67. The predicted octanol–water partition coefficient (Wildman–Crippen LogP) is 4.67. The molecule has 0 bridgehead atoms. The minimum atomic E-state index is -0.591. The van der Waals surface area contributed by atoms with Crippen molar-refractivity contribution in [1.82, 2.24) is 4.90 Å². The lowest BCUT2D eigenvalue weighted by Crippen LogP contribution is -2.47. The molecule has 1 aromatic rings. The van der Waals surface area contributed by atoms with Crippen LogP contribution in [0.3, 0.4) is 0 Å². The van der Waals surface area contributed by atoms with Crippen molar-refractivity contribution in [3.8, 4) is 5.75 Å². The van der Waals surface area contributed by atoms with E-state index in [2.05, 4.69) is 0 Å². The van der Waals surface area contributed by atoms with Crippen LogP contribution >= 0.6 is 11.6 Å². The van der Waals surface area contributed by atoms with E-state index in [0.717, 1.165) is 25.7 Å². The Labute approximate surface area is 184 Å². The lowest BCUT2D eigenvalue weighted by molar-refractivity contribution is -0.125. The first-order valence-electron chi connectivity index (χ1n) is 11.0. The Morgan fingerprint density at radius 2 is 2.00 bits per heavy atom. The largest absolute Gasteiger partial charge is 0.479 e. The standard InChI is InChI=1S/C23H33ClN2O4/c1-15(2)26(17-9-6-5-7-10-17)23(28)18-13-20-21(14-19(18)24)30-16(3)22(27)25(20)11-8-12-29-4/h13-17H,5-12H2,1-4H3/t16-/m1/s1. The quantitative estimate of drug-likeness (QED) is 0.582. The fraction of sp³-hybridized carbons (Fsp3) is 0.652. The van der Waals surface area contributed by atoms with E-state index in [0.29, 0.717) is 41.6 Å². The molecule has 166 valence electrons. The fourth-order valence-electron chi connectivity index (χ4n) is 4.51. The second kappa shape index (κ2) is 10.0. The van der Waals surface area contributed by atoms with E-state index < -0.39 is 6.10 Å². The summed E-state index contributed by atoms with van der Waals surface area (Å²) in [7, 11) is 1.64. The molecule has 2 aliphatic rings. The molecule has 1 saturated carbocycles. The fourth-order valence-corrected chi connectivity index (χ4v) is 4.74. The Bertz CT molecular complexity index is 777. The summed E-state index contributed by atoms with van der Waals surface area (Å²) >= 11 is 6.55. The van der Waals surface area contributed by atoms with Crippen LogP contribution < -0.4 is 9.64 Å². The van der Waals surface area contributed by atoms with Gasteiger partial charge >= 0.3 is 0 Å². The number of rotatable bonds is 7. The first kappa shape index (κ1) is 22.9. The lowest BCUT2D eigenvalue weighted by atomic mass is 9.92. The second-order valence-corrected chi connectivity index (χ2v) is 8.90. The van der Waals surface area contributed by atoms with Gasteiger partial charge in [-0.3, -0.25) is 9.59 Å². The summed E-state index contributed by atoms with van der Waals surface area (Å²) in [5, 5.41) is 0.360. The van der Waals surface area contributed by atoms with E-state index in [9.17, 15) is 9.59 Å². The van der Waals surface area contributed by atoms with E-state index in [1.807, 2.05) is 18.7 Å². The number of hydrogen-bond donors (Lipinski definition) is 0. The zero-order chi connectivity index (χ0) is 21.8. The number of halogens is 1. The van der Waals surface area contributed by atoms with Gasteiger partial charge < -0.3 is 19.3 Å². The predicted molar refractivity (Wildman–Crippen MR) is 119 cm³/mol. The molecule has 0 saturated heterocycles. The normalized spacial score (nSPS) is 19.6. The SMILES string of the molecule is COCCCN1C(=O)[C@@H](C)Oc2cc(Cl)c(C(=O)N(C(C)C)C3CCCCC3)cc21. The molecule has 1 fully saturated rings. The number of amides is 2. The minimum absolute atomic E-state index is 0.0726. The maximum Gasteiger partial charge on any atom is 0.267 e. The highest BCUT2D eigenvalue weighted by Crippen LogP contribution is 2.39. The van der Waals surface area contributed by atoms with Crippen molar-refractivity contribution < 1.29 is 19.1 Å². The number of anilines is 1. The van der Waals surface area contributed by atoms with Crippen molar-refractivity contribution in [3.05, 3.63) is 22.7 Å². The molecule has 1 aliphatic carbocycles. The molecule has 1 aromatic carbocycles. The zero-order valence-corrected chi connectivity index (χ0v) is 19.2. The molecule has 0 radical (unpaired) electrons. The maximum absolute atomic E-state index is 13.6. The molecule has 30 heavy (non-hydrogen) atoms. The van der Waals surface area contributed by atoms with Gasteiger partial charge in [0.2, 0.25) is 0 Å². The molecule has 0 aromatic heterocycles. The summed E-state index contributed by atoms with van der Waals surface area (Å²) in [5.74, 6) is 0.342. The number of carbonyl (C=O) groups excluding carboxylic acids is 2. The summed E-state index contributed by atoms with van der Waals surface area (Å²) in [6.45, 7) is 6.87. The highest BCUT2D eigenvalue weighted by atomic mass is 35.5. The van der Waals surface area contributed by atoms with Gasteiger partial charge in [0, 0.05) is 38.4 Å². The van der Waals surface area contributed by atoms with Gasteiger partial charge in [-0.05, 0) is 46.1 Å². The molecule has 3 rings (SSSR count). The highest BCUT2D eigenvalue weighted by molar-refractivity contribution is 6.34. The van der Waals surface area contributed by atoms with Crippen molar-refractivity contribution in [2.75, 3.05) is 25.2 Å². The first-order valence-corrected chi connectivity index (χ1v) is 11.4. The Morgan fingerprint density at radius 3 is 2.63 bits per heavy atom. The van der Waals surface area contributed by atoms with E-state index in [1.165, 1.54) is 6.42 Å². The average Bonchev–Trinajstić information content (AvgIpc) is 2.71. The van der Waals surface area contributed by atoms with Crippen LogP contribution in [-0.2, 0) is 9.53 Å². The van der Waals surface area contributed by atoms with Gasteiger partial charge in [0.25, 0.3) is 11.8 Å². The first-order chi connectivity index (χ1) is 14.3. The third-order valence-corrected chi connectivity index (χ3v) is 6.29. The van der Waals surface area contributed by atoms with E-state index in [1.54, 1.807) is 31.1 Å². The lowest BCUT2D eigenvalue weighted by Gasteiger charge is -2.38. The van der Waals surface area contributed by atoms with Crippen LogP contribution in [0.1, 0.15) is 69.7 Å². The third-order valence-electron chi connectivity index (χ3n) is 5.98. The minimum Gasteiger partial charge on any atom is -0.479 e. The van der Waals surface area contributed by atoms with Crippen molar-refractivity contribution in [1.29, 1.82) is 0 Å². The summed E-state index contributed by atoms with van der Waals surface area (Å²) < 4.78 is 10.9. The van der Waals surface area contributed by atoms with Crippen molar-refractivity contribution in [2.45, 2.75) is 77.5 Å². The van der Waals surface area contributed by atoms with E-state index in [4.69, 9.17) is 21.1 Å². The monoisotopic (exact) mass is 436 g/mol. The van der Waals surface area contributed by atoms with Crippen LogP contribution in [0.2, 0.25) is 5.02 Å². The van der Waals surface area contributed by atoms with Crippen LogP contribution in [0.5, 0.6) is 5.75 Å². The molecule has 1 atom stereocenters.